The molecule has 1 aliphatic carbocycles. The summed E-state index contributed by atoms with van der Waals surface area (Å²) in [7, 11) is 0. The Morgan fingerprint density at radius 1 is 1.33 bits per heavy atom. The van der Waals surface area contributed by atoms with Crippen LogP contribution < -0.4 is 5.32 Å². The Balaban J connectivity index is 1.69. The van der Waals surface area contributed by atoms with Gasteiger partial charge in [0.15, 0.2) is 0 Å². The summed E-state index contributed by atoms with van der Waals surface area (Å²) in [6, 6.07) is 6.46. The normalized spacial score (nSPS) is 13.5. The minimum absolute atomic E-state index is 0.905. The molecule has 0 amide bonds. The third kappa shape index (κ3) is 2.19. The Morgan fingerprint density at radius 3 is 3.05 bits per heavy atom. The van der Waals surface area contributed by atoms with Crippen molar-refractivity contribution in [3.05, 3.63) is 56.2 Å². The highest BCUT2D eigenvalue weighted by Crippen LogP contribution is 2.40. The first-order chi connectivity index (χ1) is 10.2. The first-order valence-corrected chi connectivity index (χ1v) is 8.78. The van der Waals surface area contributed by atoms with Crippen LogP contribution in [0.5, 0.6) is 0 Å². The largest absolute Gasteiger partial charge is 0.379 e. The molecule has 1 N–H and O–H groups in total. The van der Waals surface area contributed by atoms with Gasteiger partial charge >= 0.3 is 0 Å². The van der Waals surface area contributed by atoms with Gasteiger partial charge in [0.1, 0.15) is 4.83 Å². The monoisotopic (exact) mass is 312 g/mol. The van der Waals surface area contributed by atoms with Crippen LogP contribution in [0.4, 0.5) is 0 Å². The van der Waals surface area contributed by atoms with Crippen molar-refractivity contribution in [3.63, 3.8) is 0 Å². The number of pyridine rings is 1. The highest BCUT2D eigenvalue weighted by Gasteiger charge is 2.22. The molecule has 1 aliphatic rings. The van der Waals surface area contributed by atoms with Crippen molar-refractivity contribution in [2.75, 3.05) is 0 Å². The Hall–Kier alpha value is -1.65. The van der Waals surface area contributed by atoms with Crippen molar-refractivity contribution in [2.24, 2.45) is 0 Å². The SMILES string of the molecule is Cc1cc(C)c2c3c(sc2n1)C(NCc1cccs1)=CC3. The van der Waals surface area contributed by atoms with Gasteiger partial charge in [-0.05, 0) is 48.9 Å². The number of nitrogens with one attached hydrogen (secondary N) is 1. The summed E-state index contributed by atoms with van der Waals surface area (Å²) < 4.78 is 0. The Kier molecular flexibility index (Phi) is 3.08. The molecule has 106 valence electrons. The molecule has 4 heteroatoms. The minimum Gasteiger partial charge on any atom is -0.379 e. The minimum atomic E-state index is 0.905. The third-order valence-corrected chi connectivity index (χ3v) is 5.91. The Bertz CT molecular complexity index is 841. The van der Waals surface area contributed by atoms with Crippen molar-refractivity contribution in [1.29, 1.82) is 0 Å². The van der Waals surface area contributed by atoms with Crippen molar-refractivity contribution < 1.29 is 0 Å². The van der Waals surface area contributed by atoms with Crippen molar-refractivity contribution in [1.82, 2.24) is 10.3 Å². The van der Waals surface area contributed by atoms with E-state index in [1.807, 2.05) is 11.3 Å². The summed E-state index contributed by atoms with van der Waals surface area (Å²) in [4.78, 5) is 8.64. The van der Waals surface area contributed by atoms with Gasteiger partial charge in [0.2, 0.25) is 0 Å². The van der Waals surface area contributed by atoms with Gasteiger partial charge < -0.3 is 5.32 Å². The number of aromatic nitrogens is 1. The molecule has 0 fully saturated rings. The van der Waals surface area contributed by atoms with E-state index in [4.69, 9.17) is 4.98 Å². The van der Waals surface area contributed by atoms with E-state index in [2.05, 4.69) is 48.8 Å². The molecule has 0 unspecified atom stereocenters. The second-order valence-electron chi connectivity index (χ2n) is 5.43. The molecule has 0 aromatic carbocycles. The maximum absolute atomic E-state index is 4.71. The molecule has 2 nitrogen and oxygen atoms in total. The third-order valence-electron chi connectivity index (χ3n) is 3.87. The molecule has 0 saturated carbocycles. The van der Waals surface area contributed by atoms with Crippen LogP contribution in [-0.2, 0) is 13.0 Å². The summed E-state index contributed by atoms with van der Waals surface area (Å²) in [5.41, 5.74) is 5.19. The summed E-state index contributed by atoms with van der Waals surface area (Å²) in [6.45, 7) is 5.17. The Morgan fingerprint density at radius 2 is 2.24 bits per heavy atom. The number of hydrogen-bond donors (Lipinski definition) is 1. The number of thiophene rings is 2. The number of rotatable bonds is 3. The predicted molar refractivity (Wildman–Crippen MR) is 91.9 cm³/mol. The second-order valence-corrected chi connectivity index (χ2v) is 7.46. The molecule has 3 heterocycles. The fourth-order valence-electron chi connectivity index (χ4n) is 2.97. The number of fused-ring (bicyclic) bond motifs is 3. The number of nitrogens with zero attached hydrogens (tertiary/aromatic N) is 1. The standard InChI is InChI=1S/C17H16N2S2/c1-10-8-11(2)19-17-15(10)13-5-6-14(16(13)21-17)18-9-12-4-3-7-20-12/h3-4,6-8,18H,5,9H2,1-2H3. The fourth-order valence-corrected chi connectivity index (χ4v) is 4.96. The van der Waals surface area contributed by atoms with Crippen LogP contribution in [0.25, 0.3) is 15.9 Å². The molecule has 0 radical (unpaired) electrons. The molecule has 3 aromatic rings. The van der Waals surface area contributed by atoms with E-state index in [0.29, 0.717) is 0 Å². The van der Waals surface area contributed by atoms with Crippen LogP contribution in [0.3, 0.4) is 0 Å². The lowest BCUT2D eigenvalue weighted by Crippen LogP contribution is -2.08. The molecule has 0 saturated heterocycles. The van der Waals surface area contributed by atoms with Crippen molar-refractivity contribution in [3.8, 4) is 0 Å². The lowest BCUT2D eigenvalue weighted by Gasteiger charge is -2.05. The topological polar surface area (TPSA) is 24.9 Å². The molecule has 3 aromatic heterocycles. The van der Waals surface area contributed by atoms with Gasteiger partial charge in [0.05, 0.1) is 4.88 Å². The smallest absolute Gasteiger partial charge is 0.124 e. The summed E-state index contributed by atoms with van der Waals surface area (Å²) in [5, 5.41) is 7.08. The highest BCUT2D eigenvalue weighted by atomic mass is 32.1. The number of aryl methyl sites for hydroxylation is 2. The summed E-state index contributed by atoms with van der Waals surface area (Å²) in [5.74, 6) is 0. The van der Waals surface area contributed by atoms with E-state index < -0.39 is 0 Å². The van der Waals surface area contributed by atoms with Gasteiger partial charge in [0.25, 0.3) is 0 Å². The summed E-state index contributed by atoms with van der Waals surface area (Å²) in [6.07, 6.45) is 3.33. The zero-order valence-electron chi connectivity index (χ0n) is 12.1. The lowest BCUT2D eigenvalue weighted by atomic mass is 10.1. The molecule has 4 rings (SSSR count). The highest BCUT2D eigenvalue weighted by molar-refractivity contribution is 7.20. The van der Waals surface area contributed by atoms with Gasteiger partial charge in [0, 0.05) is 28.2 Å². The predicted octanol–water partition coefficient (Wildman–Crippen LogP) is 4.66. The molecule has 0 spiro atoms. The van der Waals surface area contributed by atoms with Crippen LogP contribution in [0, 0.1) is 13.8 Å². The first-order valence-electron chi connectivity index (χ1n) is 7.09. The zero-order chi connectivity index (χ0) is 14.4. The van der Waals surface area contributed by atoms with Gasteiger partial charge in [-0.15, -0.1) is 22.7 Å². The molecule has 0 aliphatic heterocycles. The second kappa shape index (κ2) is 4.97. The molecular formula is C17H16N2S2. The van der Waals surface area contributed by atoms with Gasteiger partial charge in [-0.1, -0.05) is 12.1 Å². The van der Waals surface area contributed by atoms with E-state index in [1.54, 1.807) is 11.3 Å². The average Bonchev–Trinajstić information content (AvgIpc) is 3.11. The molecule has 0 atom stereocenters. The van der Waals surface area contributed by atoms with E-state index >= 15 is 0 Å². The summed E-state index contributed by atoms with van der Waals surface area (Å²) >= 11 is 3.62. The van der Waals surface area contributed by atoms with Crippen LogP contribution >= 0.6 is 22.7 Å². The molecular weight excluding hydrogens is 296 g/mol. The van der Waals surface area contributed by atoms with Crippen LogP contribution in [0.1, 0.15) is 26.6 Å². The van der Waals surface area contributed by atoms with Crippen molar-refractivity contribution in [2.45, 2.75) is 26.8 Å². The van der Waals surface area contributed by atoms with Gasteiger partial charge in [-0.2, -0.15) is 0 Å². The van der Waals surface area contributed by atoms with Gasteiger partial charge in [-0.25, -0.2) is 4.98 Å². The van der Waals surface area contributed by atoms with Gasteiger partial charge in [-0.3, -0.25) is 0 Å². The number of allylic oxidation sites excluding steroid dienone is 1. The van der Waals surface area contributed by atoms with Crippen molar-refractivity contribution >= 4 is 38.6 Å². The zero-order valence-corrected chi connectivity index (χ0v) is 13.7. The van der Waals surface area contributed by atoms with E-state index in [1.165, 1.54) is 36.8 Å². The maximum Gasteiger partial charge on any atom is 0.124 e. The number of hydrogen-bond acceptors (Lipinski definition) is 4. The average molecular weight is 312 g/mol. The molecule has 0 bridgehead atoms. The van der Waals surface area contributed by atoms with Crippen LogP contribution in [0.15, 0.2) is 29.7 Å². The quantitative estimate of drug-likeness (QED) is 0.760. The maximum atomic E-state index is 4.71. The van der Waals surface area contributed by atoms with Crippen LogP contribution in [0.2, 0.25) is 0 Å². The fraction of sp³-hybridized carbons (Fsp3) is 0.235. The molecule has 21 heavy (non-hydrogen) atoms. The van der Waals surface area contributed by atoms with E-state index in [9.17, 15) is 0 Å². The van der Waals surface area contributed by atoms with Crippen LogP contribution in [-0.4, -0.2) is 4.98 Å². The van der Waals surface area contributed by atoms with E-state index in [0.717, 1.165) is 18.7 Å². The van der Waals surface area contributed by atoms with E-state index in [-0.39, 0.29) is 0 Å². The first kappa shape index (κ1) is 13.0. The Labute approximate surface area is 132 Å². The lowest BCUT2D eigenvalue weighted by molar-refractivity contribution is 0.912.